The lowest BCUT2D eigenvalue weighted by Gasteiger charge is -2.24. The van der Waals surface area contributed by atoms with E-state index >= 15 is 0 Å². The van der Waals surface area contributed by atoms with E-state index in [-0.39, 0.29) is 21.7 Å². The summed E-state index contributed by atoms with van der Waals surface area (Å²) < 4.78 is 32.9. The third-order valence-corrected chi connectivity index (χ3v) is 6.61. The second-order valence-corrected chi connectivity index (χ2v) is 9.07. The molecular weight excluding hydrogens is 458 g/mol. The molecule has 0 aliphatic heterocycles. The fraction of sp³-hybridized carbons (Fsp3) is 0.125. The second-order valence-electron chi connectivity index (χ2n) is 7.21. The molecule has 0 aromatic heterocycles. The van der Waals surface area contributed by atoms with Gasteiger partial charge in [-0.1, -0.05) is 42.0 Å². The smallest absolute Gasteiger partial charge is 0.336 e. The lowest BCUT2D eigenvalue weighted by atomic mass is 10.1. The fourth-order valence-electron chi connectivity index (χ4n) is 3.06. The number of carbonyl (C=O) groups excluding carboxylic acids is 1. The summed E-state index contributed by atoms with van der Waals surface area (Å²) in [5.74, 6) is -1.44. The monoisotopic (exact) mass is 481 g/mol. The number of benzene rings is 3. The normalized spacial score (nSPS) is 11.2. The van der Waals surface area contributed by atoms with Gasteiger partial charge in [0, 0.05) is 11.6 Å². The third-order valence-electron chi connectivity index (χ3n) is 4.82. The summed E-state index contributed by atoms with van der Waals surface area (Å²) in [5, 5.41) is 13.0. The molecule has 0 heterocycles. The van der Waals surface area contributed by atoms with E-state index in [2.05, 4.69) is 10.5 Å². The zero-order chi connectivity index (χ0) is 24.7. The minimum atomic E-state index is -4.10. The van der Waals surface area contributed by atoms with Gasteiger partial charge in [0.1, 0.15) is 12.3 Å². The number of carboxylic acid groups (broad SMARTS) is 1. The van der Waals surface area contributed by atoms with Crippen molar-refractivity contribution in [1.82, 2.24) is 5.43 Å². The number of ether oxygens (including phenoxy) is 1. The van der Waals surface area contributed by atoms with Gasteiger partial charge in [-0.05, 0) is 37.3 Å². The van der Waals surface area contributed by atoms with Gasteiger partial charge in [0.15, 0.2) is 0 Å². The van der Waals surface area contributed by atoms with E-state index in [1.807, 2.05) is 6.92 Å². The number of aryl methyl sites for hydroxylation is 1. The van der Waals surface area contributed by atoms with E-state index in [9.17, 15) is 23.1 Å². The Morgan fingerprint density at radius 3 is 2.44 bits per heavy atom. The van der Waals surface area contributed by atoms with Gasteiger partial charge in [-0.15, -0.1) is 0 Å². The molecule has 0 saturated heterocycles. The molecule has 9 nitrogen and oxygen atoms in total. The molecule has 0 aliphatic rings. The molecular formula is C24H23N3O6S. The van der Waals surface area contributed by atoms with Crippen molar-refractivity contribution in [2.45, 2.75) is 11.8 Å². The first-order valence-corrected chi connectivity index (χ1v) is 11.5. The summed E-state index contributed by atoms with van der Waals surface area (Å²) in [5.41, 5.74) is 3.68. The molecule has 0 bridgehead atoms. The molecule has 0 radical (unpaired) electrons. The number of sulfonamides is 1. The zero-order valence-corrected chi connectivity index (χ0v) is 19.3. The molecule has 10 heteroatoms. The first-order chi connectivity index (χ1) is 16.2. The van der Waals surface area contributed by atoms with Gasteiger partial charge in [0.2, 0.25) is 0 Å². The number of anilines is 1. The van der Waals surface area contributed by atoms with Crippen LogP contribution in [0, 0.1) is 6.92 Å². The number of rotatable bonds is 9. The Bertz CT molecular complexity index is 1320. The van der Waals surface area contributed by atoms with Crippen LogP contribution in [-0.2, 0) is 14.8 Å². The summed E-state index contributed by atoms with van der Waals surface area (Å²) >= 11 is 0. The highest BCUT2D eigenvalue weighted by molar-refractivity contribution is 7.92. The highest BCUT2D eigenvalue weighted by atomic mass is 32.2. The quantitative estimate of drug-likeness (QED) is 0.357. The summed E-state index contributed by atoms with van der Waals surface area (Å²) in [7, 11) is -2.65. The number of hydrazone groups is 1. The average molecular weight is 482 g/mol. The van der Waals surface area contributed by atoms with Gasteiger partial charge < -0.3 is 9.84 Å². The maximum absolute atomic E-state index is 13.4. The number of methoxy groups -OCH3 is 1. The SMILES string of the molecule is COc1cccc(N(CC(=O)N/N=C\c2ccccc2C(=O)O)S(=O)(=O)c2ccc(C)cc2)c1. The van der Waals surface area contributed by atoms with Crippen molar-refractivity contribution in [3.63, 3.8) is 0 Å². The van der Waals surface area contributed by atoms with Crippen molar-refractivity contribution >= 4 is 33.8 Å². The second kappa shape index (κ2) is 10.6. The van der Waals surface area contributed by atoms with Crippen LogP contribution < -0.4 is 14.5 Å². The number of amides is 1. The van der Waals surface area contributed by atoms with Gasteiger partial charge in [0.25, 0.3) is 15.9 Å². The largest absolute Gasteiger partial charge is 0.497 e. The van der Waals surface area contributed by atoms with Crippen molar-refractivity contribution in [1.29, 1.82) is 0 Å². The molecule has 3 aromatic carbocycles. The van der Waals surface area contributed by atoms with E-state index < -0.39 is 28.4 Å². The molecule has 1 amide bonds. The summed E-state index contributed by atoms with van der Waals surface area (Å²) in [6.07, 6.45) is 1.19. The minimum absolute atomic E-state index is 0.0143. The Hall–Kier alpha value is -4.18. The molecule has 0 saturated carbocycles. The van der Waals surface area contributed by atoms with Gasteiger partial charge in [-0.25, -0.2) is 18.6 Å². The van der Waals surface area contributed by atoms with E-state index in [1.54, 1.807) is 42.5 Å². The Balaban J connectivity index is 1.87. The first kappa shape index (κ1) is 24.5. The molecule has 0 aliphatic carbocycles. The number of carboxylic acids is 1. The fourth-order valence-corrected chi connectivity index (χ4v) is 4.47. The summed E-state index contributed by atoms with van der Waals surface area (Å²) in [6, 6.07) is 18.7. The Morgan fingerprint density at radius 1 is 1.06 bits per heavy atom. The van der Waals surface area contributed by atoms with Crippen LogP contribution in [0.4, 0.5) is 5.69 Å². The van der Waals surface area contributed by atoms with Gasteiger partial charge >= 0.3 is 5.97 Å². The maximum atomic E-state index is 13.4. The van der Waals surface area contributed by atoms with Crippen molar-refractivity contribution in [3.8, 4) is 5.75 Å². The third kappa shape index (κ3) is 5.78. The molecule has 3 rings (SSSR count). The van der Waals surface area contributed by atoms with Crippen LogP contribution in [0.2, 0.25) is 0 Å². The van der Waals surface area contributed by atoms with Crippen molar-refractivity contribution < 1.29 is 27.9 Å². The Labute approximate surface area is 197 Å². The zero-order valence-electron chi connectivity index (χ0n) is 18.5. The van der Waals surface area contributed by atoms with Gasteiger partial charge in [-0.3, -0.25) is 9.10 Å². The molecule has 2 N–H and O–H groups in total. The van der Waals surface area contributed by atoms with E-state index in [0.717, 1.165) is 9.87 Å². The number of hydrogen-bond donors (Lipinski definition) is 2. The molecule has 34 heavy (non-hydrogen) atoms. The van der Waals surface area contributed by atoms with Crippen LogP contribution in [-0.4, -0.2) is 45.3 Å². The van der Waals surface area contributed by atoms with Crippen LogP contribution >= 0.6 is 0 Å². The van der Waals surface area contributed by atoms with Crippen LogP contribution in [0.5, 0.6) is 5.75 Å². The highest BCUT2D eigenvalue weighted by Gasteiger charge is 2.27. The molecule has 0 fully saturated rings. The number of aromatic carboxylic acids is 1. The lowest BCUT2D eigenvalue weighted by molar-refractivity contribution is -0.119. The number of hydrogen-bond acceptors (Lipinski definition) is 6. The topological polar surface area (TPSA) is 125 Å². The predicted octanol–water partition coefficient (Wildman–Crippen LogP) is 3.05. The van der Waals surface area contributed by atoms with Crippen LogP contribution in [0.1, 0.15) is 21.5 Å². The standard InChI is InChI=1S/C24H23N3O6S/c1-17-10-12-21(13-11-17)34(31,32)27(19-7-5-8-20(14-19)33-2)16-23(28)26-25-15-18-6-3-4-9-22(18)24(29)30/h3-15H,16H2,1-2H3,(H,26,28)(H,29,30)/b25-15-. The first-order valence-electron chi connectivity index (χ1n) is 10.1. The van der Waals surface area contributed by atoms with Gasteiger partial charge in [0.05, 0.1) is 29.5 Å². The maximum Gasteiger partial charge on any atom is 0.336 e. The van der Waals surface area contributed by atoms with Gasteiger partial charge in [-0.2, -0.15) is 5.10 Å². The van der Waals surface area contributed by atoms with Crippen molar-refractivity contribution in [3.05, 3.63) is 89.5 Å². The lowest BCUT2D eigenvalue weighted by Crippen LogP contribution is -2.39. The average Bonchev–Trinajstić information content (AvgIpc) is 2.83. The molecule has 0 spiro atoms. The van der Waals surface area contributed by atoms with Crippen LogP contribution in [0.25, 0.3) is 0 Å². The van der Waals surface area contributed by atoms with E-state index in [1.165, 1.54) is 43.7 Å². The molecule has 3 aromatic rings. The Morgan fingerprint density at radius 2 is 1.76 bits per heavy atom. The number of nitrogens with one attached hydrogen (secondary N) is 1. The van der Waals surface area contributed by atoms with Crippen LogP contribution in [0.15, 0.2) is 82.8 Å². The van der Waals surface area contributed by atoms with Crippen molar-refractivity contribution in [2.24, 2.45) is 5.10 Å². The summed E-state index contributed by atoms with van der Waals surface area (Å²) in [6.45, 7) is 1.27. The molecule has 0 unspecified atom stereocenters. The van der Waals surface area contributed by atoms with E-state index in [0.29, 0.717) is 5.75 Å². The van der Waals surface area contributed by atoms with E-state index in [4.69, 9.17) is 4.74 Å². The highest BCUT2D eigenvalue weighted by Crippen LogP contribution is 2.27. The minimum Gasteiger partial charge on any atom is -0.497 e. The molecule has 176 valence electrons. The van der Waals surface area contributed by atoms with Crippen molar-refractivity contribution in [2.75, 3.05) is 18.0 Å². The predicted molar refractivity (Wildman–Crippen MR) is 128 cm³/mol. The number of nitrogens with zero attached hydrogens (tertiary/aromatic N) is 2. The number of carbonyl (C=O) groups is 2. The summed E-state index contributed by atoms with van der Waals surface area (Å²) in [4.78, 5) is 24.0. The van der Waals surface area contributed by atoms with Crippen LogP contribution in [0.3, 0.4) is 0 Å². The molecule has 0 atom stereocenters. The Kier molecular flexibility index (Phi) is 7.64.